The van der Waals surface area contributed by atoms with Gasteiger partial charge in [0.15, 0.2) is 11.3 Å². The molecule has 3 aliphatic rings. The number of nitrogens with one attached hydrogen (secondary N) is 1. The molecule has 2 bridgehead atoms. The lowest BCUT2D eigenvalue weighted by Crippen LogP contribution is -2.38. The summed E-state index contributed by atoms with van der Waals surface area (Å²) in [6.07, 6.45) is 1.58. The Morgan fingerprint density at radius 3 is 2.71 bits per heavy atom. The summed E-state index contributed by atoms with van der Waals surface area (Å²) >= 11 is 0. The van der Waals surface area contributed by atoms with Crippen LogP contribution >= 0.6 is 0 Å². The molecule has 1 amide bonds. The molecule has 6 heterocycles. The van der Waals surface area contributed by atoms with E-state index in [1.54, 1.807) is 6.20 Å². The number of carbonyl (C=O) groups is 1. The Morgan fingerprint density at radius 1 is 1.19 bits per heavy atom. The highest BCUT2D eigenvalue weighted by atomic mass is 19.4. The van der Waals surface area contributed by atoms with Gasteiger partial charge in [0.05, 0.1) is 11.9 Å². The predicted molar refractivity (Wildman–Crippen MR) is 106 cm³/mol. The molecule has 0 radical (unpaired) electrons. The van der Waals surface area contributed by atoms with Gasteiger partial charge >= 0.3 is 6.18 Å². The van der Waals surface area contributed by atoms with Crippen molar-refractivity contribution in [2.24, 2.45) is 7.05 Å². The Morgan fingerprint density at radius 2 is 1.97 bits per heavy atom. The van der Waals surface area contributed by atoms with Gasteiger partial charge in [0.25, 0.3) is 5.91 Å². The van der Waals surface area contributed by atoms with Gasteiger partial charge in [-0.05, 0) is 18.9 Å². The molecule has 0 saturated carbocycles. The van der Waals surface area contributed by atoms with E-state index < -0.39 is 23.5 Å². The second kappa shape index (κ2) is 7.22. The molecule has 6 rings (SSSR count). The van der Waals surface area contributed by atoms with Crippen LogP contribution in [0.2, 0.25) is 0 Å². The molecule has 31 heavy (non-hydrogen) atoms. The van der Waals surface area contributed by atoms with Crippen molar-refractivity contribution in [3.05, 3.63) is 35.9 Å². The number of amides is 1. The molecule has 3 aromatic rings. The number of aromatic nitrogens is 5. The van der Waals surface area contributed by atoms with Crippen LogP contribution in [0, 0.1) is 0 Å². The van der Waals surface area contributed by atoms with Gasteiger partial charge in [-0.3, -0.25) is 9.48 Å². The molecular formula is C19H21F3N8O. The topological polar surface area (TPSA) is 83.6 Å². The van der Waals surface area contributed by atoms with Crippen LogP contribution in [0.1, 0.15) is 28.9 Å². The zero-order valence-electron chi connectivity index (χ0n) is 16.8. The predicted octanol–water partition coefficient (Wildman–Crippen LogP) is 2.02. The molecule has 3 aromatic heterocycles. The van der Waals surface area contributed by atoms with Crippen molar-refractivity contribution in [2.75, 3.05) is 36.4 Å². The number of hydrogen-bond donors (Lipinski definition) is 1. The summed E-state index contributed by atoms with van der Waals surface area (Å²) in [5.74, 6) is 0.0224. The standard InChI is InChI=1S/C19H21F3N8O/c1-27-11-14(16(26-27)19(20,21)22)24-18(31)13-10-23-30-7-4-15(25-17(13)30)29-9-8-28-5-2-12(29)3-6-28/h4,7,10-12H,2-3,5-6,8-9H2,1H3,(H,24,31). The lowest BCUT2D eigenvalue weighted by molar-refractivity contribution is -0.140. The average molecular weight is 434 g/mol. The maximum Gasteiger partial charge on any atom is 0.437 e. The molecule has 0 spiro atoms. The first kappa shape index (κ1) is 19.8. The first-order valence-corrected chi connectivity index (χ1v) is 10.0. The van der Waals surface area contributed by atoms with E-state index in [9.17, 15) is 18.0 Å². The number of anilines is 2. The Hall–Kier alpha value is -3.15. The summed E-state index contributed by atoms with van der Waals surface area (Å²) in [6, 6.07) is 2.25. The van der Waals surface area contributed by atoms with Gasteiger partial charge in [-0.15, -0.1) is 0 Å². The largest absolute Gasteiger partial charge is 0.437 e. The number of piperidine rings is 1. The third-order valence-corrected chi connectivity index (χ3v) is 5.89. The van der Waals surface area contributed by atoms with E-state index in [1.807, 2.05) is 6.07 Å². The second-order valence-corrected chi connectivity index (χ2v) is 7.90. The van der Waals surface area contributed by atoms with Gasteiger partial charge < -0.3 is 15.1 Å². The fourth-order valence-corrected chi connectivity index (χ4v) is 4.35. The van der Waals surface area contributed by atoms with Gasteiger partial charge in [0, 0.05) is 51.7 Å². The highest BCUT2D eigenvalue weighted by Crippen LogP contribution is 2.33. The number of hydrogen-bond acceptors (Lipinski definition) is 6. The maximum absolute atomic E-state index is 13.2. The van der Waals surface area contributed by atoms with E-state index >= 15 is 0 Å². The number of nitrogens with zero attached hydrogens (tertiary/aromatic N) is 7. The Balaban J connectivity index is 1.46. The molecule has 164 valence electrons. The molecule has 3 saturated heterocycles. The molecule has 9 nitrogen and oxygen atoms in total. The number of carbonyl (C=O) groups excluding carboxylic acids is 1. The molecule has 0 aromatic carbocycles. The zero-order valence-corrected chi connectivity index (χ0v) is 16.8. The molecular weight excluding hydrogens is 413 g/mol. The van der Waals surface area contributed by atoms with E-state index in [-0.39, 0.29) is 5.56 Å². The van der Waals surface area contributed by atoms with E-state index in [0.29, 0.717) is 11.7 Å². The van der Waals surface area contributed by atoms with Crippen LogP contribution in [0.25, 0.3) is 5.65 Å². The highest BCUT2D eigenvalue weighted by molar-refractivity contribution is 6.08. The first-order chi connectivity index (χ1) is 14.8. The van der Waals surface area contributed by atoms with E-state index in [2.05, 4.69) is 30.3 Å². The fraction of sp³-hybridized carbons (Fsp3) is 0.474. The Bertz CT molecular complexity index is 1130. The molecule has 12 heteroatoms. The molecule has 1 N–H and O–H groups in total. The number of aryl methyl sites for hydroxylation is 1. The molecule has 0 unspecified atom stereocenters. The SMILES string of the molecule is Cn1cc(NC(=O)c2cnn3ccc(N4CCN5CCC4CC5)nc23)c(C(F)(F)F)n1. The van der Waals surface area contributed by atoms with Gasteiger partial charge in [-0.1, -0.05) is 0 Å². The van der Waals surface area contributed by atoms with Crippen molar-refractivity contribution < 1.29 is 18.0 Å². The summed E-state index contributed by atoms with van der Waals surface area (Å²) in [5.41, 5.74) is -1.16. The minimum Gasteiger partial charge on any atom is -0.352 e. The lowest BCUT2D eigenvalue weighted by Gasteiger charge is -2.32. The van der Waals surface area contributed by atoms with E-state index in [0.717, 1.165) is 55.7 Å². The smallest absolute Gasteiger partial charge is 0.352 e. The van der Waals surface area contributed by atoms with Gasteiger partial charge in [0.2, 0.25) is 0 Å². The summed E-state index contributed by atoms with van der Waals surface area (Å²) < 4.78 is 42.1. The Kier molecular flexibility index (Phi) is 4.61. The number of fused-ring (bicyclic) bond motifs is 5. The van der Waals surface area contributed by atoms with Crippen molar-refractivity contribution in [2.45, 2.75) is 25.1 Å². The highest BCUT2D eigenvalue weighted by Gasteiger charge is 2.38. The third kappa shape index (κ3) is 3.60. The maximum atomic E-state index is 13.2. The van der Waals surface area contributed by atoms with Crippen molar-refractivity contribution in [1.29, 1.82) is 0 Å². The Labute approximate surface area is 175 Å². The minimum atomic E-state index is -4.68. The van der Waals surface area contributed by atoms with E-state index in [4.69, 9.17) is 0 Å². The molecule has 0 atom stereocenters. The van der Waals surface area contributed by atoms with Gasteiger partial charge in [-0.2, -0.15) is 23.4 Å². The average Bonchev–Trinajstić information content (AvgIpc) is 3.18. The van der Waals surface area contributed by atoms with Crippen LogP contribution in [0.4, 0.5) is 24.7 Å². The molecule has 3 fully saturated rings. The van der Waals surface area contributed by atoms with Crippen molar-refractivity contribution in [3.8, 4) is 0 Å². The van der Waals surface area contributed by atoms with Crippen LogP contribution in [-0.2, 0) is 13.2 Å². The summed E-state index contributed by atoms with van der Waals surface area (Å²) in [4.78, 5) is 22.2. The van der Waals surface area contributed by atoms with Crippen molar-refractivity contribution >= 4 is 23.1 Å². The monoisotopic (exact) mass is 434 g/mol. The van der Waals surface area contributed by atoms with Crippen LogP contribution in [0.3, 0.4) is 0 Å². The third-order valence-electron chi connectivity index (χ3n) is 5.89. The first-order valence-electron chi connectivity index (χ1n) is 10.0. The van der Waals surface area contributed by atoms with Crippen molar-refractivity contribution in [1.82, 2.24) is 29.3 Å². The molecule has 0 aliphatic carbocycles. The van der Waals surface area contributed by atoms with Gasteiger partial charge in [0.1, 0.15) is 11.4 Å². The van der Waals surface area contributed by atoms with Crippen molar-refractivity contribution in [3.63, 3.8) is 0 Å². The van der Waals surface area contributed by atoms with Crippen LogP contribution < -0.4 is 10.2 Å². The quantitative estimate of drug-likeness (QED) is 0.679. The number of rotatable bonds is 3. The molecule has 3 aliphatic heterocycles. The normalized spacial score (nSPS) is 21.5. The number of alkyl halides is 3. The summed E-state index contributed by atoms with van der Waals surface area (Å²) in [6.45, 7) is 3.93. The minimum absolute atomic E-state index is 0.0988. The number of halogens is 3. The fourth-order valence-electron chi connectivity index (χ4n) is 4.35. The second-order valence-electron chi connectivity index (χ2n) is 7.90. The summed E-state index contributed by atoms with van der Waals surface area (Å²) in [7, 11) is 1.36. The van der Waals surface area contributed by atoms with E-state index in [1.165, 1.54) is 17.8 Å². The zero-order chi connectivity index (χ0) is 21.8. The lowest BCUT2D eigenvalue weighted by atomic mass is 10.1. The van der Waals surface area contributed by atoms with Crippen LogP contribution in [0.5, 0.6) is 0 Å². The summed E-state index contributed by atoms with van der Waals surface area (Å²) in [5, 5.41) is 9.86. The van der Waals surface area contributed by atoms with Gasteiger partial charge in [-0.25, -0.2) is 9.50 Å². The van der Waals surface area contributed by atoms with Crippen LogP contribution in [0.15, 0.2) is 24.7 Å². The van der Waals surface area contributed by atoms with Crippen LogP contribution in [-0.4, -0.2) is 67.4 Å².